The molecule has 190 valence electrons. The van der Waals surface area contributed by atoms with Crippen LogP contribution in [0.1, 0.15) is 13.2 Å². The molecule has 2 unspecified atom stereocenters. The number of nitrogen functional groups attached to an aromatic ring is 1. The van der Waals surface area contributed by atoms with Crippen molar-refractivity contribution in [1.29, 1.82) is 0 Å². The number of anilines is 1. The lowest BCUT2D eigenvalue weighted by Crippen LogP contribution is -2.47. The van der Waals surface area contributed by atoms with Crippen molar-refractivity contribution in [3.8, 4) is 0 Å². The molecule has 6 atom stereocenters. The molecule has 1 fully saturated rings. The van der Waals surface area contributed by atoms with Gasteiger partial charge in [-0.15, -0.1) is 0 Å². The lowest BCUT2D eigenvalue weighted by atomic mass is 10.1. The Balaban J connectivity index is 1.79. The van der Waals surface area contributed by atoms with Crippen molar-refractivity contribution in [2.24, 2.45) is 0 Å². The molecule has 2 aromatic rings. The van der Waals surface area contributed by atoms with Gasteiger partial charge in [0.25, 0.3) is 0 Å². The van der Waals surface area contributed by atoms with Crippen LogP contribution in [0.15, 0.2) is 12.7 Å². The third-order valence-electron chi connectivity index (χ3n) is 4.22. The number of hydrogen-bond donors (Lipinski definition) is 7. The zero-order valence-electron chi connectivity index (χ0n) is 16.9. The second-order valence-electron chi connectivity index (χ2n) is 6.75. The maximum absolute atomic E-state index is 12.0. The molecular weight excluding hydrogens is 529 g/mol. The Bertz CT molecular complexity index is 1220. The molecule has 1 aliphatic rings. The molecule has 3 rings (SSSR count). The molecule has 1 amide bonds. The number of imidazole rings is 1. The van der Waals surface area contributed by atoms with E-state index in [0.29, 0.717) is 0 Å². The highest BCUT2D eigenvalue weighted by Crippen LogP contribution is 2.66. The number of carbonyl (C=O) groups is 1. The van der Waals surface area contributed by atoms with E-state index in [2.05, 4.69) is 33.4 Å². The number of phosphoric acid groups is 3. The molecular formula is C12H19N6O13P3. The highest BCUT2D eigenvalue weighted by Gasteiger charge is 2.48. The fraction of sp³-hybridized carbons (Fsp3) is 0.500. The monoisotopic (exact) mass is 548 g/mol. The van der Waals surface area contributed by atoms with Crippen LogP contribution in [0.4, 0.5) is 5.82 Å². The van der Waals surface area contributed by atoms with E-state index in [1.54, 1.807) is 0 Å². The summed E-state index contributed by atoms with van der Waals surface area (Å²) in [4.78, 5) is 59.4. The first-order valence-corrected chi connectivity index (χ1v) is 13.4. The maximum Gasteiger partial charge on any atom is 0.490 e. The normalized spacial score (nSPS) is 26.8. The van der Waals surface area contributed by atoms with Crippen LogP contribution in [-0.4, -0.2) is 75.0 Å². The number of aliphatic hydroxyl groups excluding tert-OH is 1. The van der Waals surface area contributed by atoms with Crippen molar-refractivity contribution in [1.82, 2.24) is 24.8 Å². The van der Waals surface area contributed by atoms with E-state index in [0.717, 1.165) is 13.3 Å². The summed E-state index contributed by atoms with van der Waals surface area (Å²) in [6.45, 7) is 0.214. The van der Waals surface area contributed by atoms with E-state index in [-0.39, 0.29) is 17.0 Å². The summed E-state index contributed by atoms with van der Waals surface area (Å²) in [5, 5.41) is 13.1. The van der Waals surface area contributed by atoms with Gasteiger partial charge >= 0.3 is 23.5 Å². The number of phosphoric ester groups is 1. The fourth-order valence-electron chi connectivity index (χ4n) is 3.05. The maximum atomic E-state index is 12.0. The van der Waals surface area contributed by atoms with Crippen LogP contribution in [0.25, 0.3) is 11.2 Å². The van der Waals surface area contributed by atoms with Crippen LogP contribution in [0.5, 0.6) is 0 Å². The van der Waals surface area contributed by atoms with Crippen molar-refractivity contribution in [2.75, 3.05) is 12.3 Å². The molecule has 0 aliphatic carbocycles. The van der Waals surface area contributed by atoms with Gasteiger partial charge in [0.1, 0.15) is 24.1 Å². The molecule has 2 aromatic heterocycles. The number of nitrogens with two attached hydrogens (primary N) is 1. The van der Waals surface area contributed by atoms with E-state index in [9.17, 15) is 33.4 Å². The standard InChI is InChI=1S/C12H19N6O13P3/c1-5(19)17-7-6(2-28-33(24,25)31-34(26,27)30-32(21,22)23)29-12(9(7)20)18-4-16-8-10(13)14-3-15-11(8)18/h3-4,6-7,9,12,20H,2H2,1H3,(H,17,19)(H,24,25)(H,26,27)(H2,13,14,15)(H2,21,22,23)/t6-,7-,9-,12-/m1/s1. The summed E-state index contributed by atoms with van der Waals surface area (Å²) in [5.74, 6) is -0.572. The number of carbonyl (C=O) groups excluding carboxylic acids is 1. The first-order chi connectivity index (χ1) is 15.6. The van der Waals surface area contributed by atoms with Crippen molar-refractivity contribution in [2.45, 2.75) is 31.4 Å². The lowest BCUT2D eigenvalue weighted by molar-refractivity contribution is -0.120. The highest BCUT2D eigenvalue weighted by molar-refractivity contribution is 7.66. The first kappa shape index (κ1) is 26.7. The van der Waals surface area contributed by atoms with E-state index in [1.807, 2.05) is 0 Å². The topological polar surface area (TPSA) is 288 Å². The predicted molar refractivity (Wildman–Crippen MR) is 107 cm³/mol. The molecule has 0 aromatic carbocycles. The molecule has 8 N–H and O–H groups in total. The summed E-state index contributed by atoms with van der Waals surface area (Å²) in [6, 6.07) is -1.23. The van der Waals surface area contributed by atoms with Crippen LogP contribution in [0.3, 0.4) is 0 Å². The number of ether oxygens (including phenoxy) is 1. The van der Waals surface area contributed by atoms with Gasteiger partial charge in [0.05, 0.1) is 19.0 Å². The van der Waals surface area contributed by atoms with Crippen molar-refractivity contribution in [3.63, 3.8) is 0 Å². The quantitative estimate of drug-likeness (QED) is 0.176. The van der Waals surface area contributed by atoms with Crippen molar-refractivity contribution in [3.05, 3.63) is 12.7 Å². The van der Waals surface area contributed by atoms with E-state index in [1.165, 1.54) is 10.9 Å². The lowest BCUT2D eigenvalue weighted by Gasteiger charge is -2.22. The molecule has 34 heavy (non-hydrogen) atoms. The summed E-state index contributed by atoms with van der Waals surface area (Å²) in [7, 11) is -16.8. The Morgan fingerprint density at radius 3 is 2.47 bits per heavy atom. The van der Waals surface area contributed by atoms with E-state index < -0.39 is 60.5 Å². The van der Waals surface area contributed by atoms with Gasteiger partial charge in [0.15, 0.2) is 17.7 Å². The molecule has 1 saturated heterocycles. The van der Waals surface area contributed by atoms with Gasteiger partial charge in [-0.05, 0) is 0 Å². The van der Waals surface area contributed by atoms with Crippen LogP contribution >= 0.6 is 23.5 Å². The van der Waals surface area contributed by atoms with Crippen molar-refractivity contribution < 1.29 is 61.1 Å². The van der Waals surface area contributed by atoms with Crippen molar-refractivity contribution >= 4 is 46.4 Å². The average Bonchev–Trinajstić information content (AvgIpc) is 3.20. The number of aromatic nitrogens is 4. The first-order valence-electron chi connectivity index (χ1n) is 8.90. The van der Waals surface area contributed by atoms with Gasteiger partial charge < -0.3 is 40.5 Å². The predicted octanol–water partition coefficient (Wildman–Crippen LogP) is -1.49. The number of aliphatic hydroxyl groups is 1. The minimum absolute atomic E-state index is 0.0406. The molecule has 22 heteroatoms. The largest absolute Gasteiger partial charge is 0.490 e. The molecule has 0 radical (unpaired) electrons. The molecule has 0 bridgehead atoms. The summed E-state index contributed by atoms with van der Waals surface area (Å²) < 4.78 is 52.9. The summed E-state index contributed by atoms with van der Waals surface area (Å²) >= 11 is 0. The third-order valence-corrected chi connectivity index (χ3v) is 8.03. The fourth-order valence-corrected chi connectivity index (χ4v) is 6.08. The number of amides is 1. The Hall–Kier alpha value is -1.85. The zero-order chi connectivity index (χ0) is 25.5. The Kier molecular flexibility index (Phi) is 7.60. The SMILES string of the molecule is CC(=O)N[C@H]1[C@@H](O)[C@H](n2cnc3c(N)ncnc32)O[C@@H]1COP(=O)(O)OP(=O)(O)OP(=O)(O)O. The number of fused-ring (bicyclic) bond motifs is 1. The summed E-state index contributed by atoms with van der Waals surface area (Å²) in [6.07, 6.45) is -1.72. The molecule has 19 nitrogen and oxygen atoms in total. The number of nitrogens with zero attached hydrogens (tertiary/aromatic N) is 4. The minimum atomic E-state index is -5.73. The number of nitrogens with one attached hydrogen (secondary N) is 1. The Morgan fingerprint density at radius 2 is 1.85 bits per heavy atom. The minimum Gasteiger partial charge on any atom is -0.386 e. The van der Waals surface area contributed by atoms with Gasteiger partial charge in [-0.25, -0.2) is 28.6 Å². The van der Waals surface area contributed by atoms with Gasteiger partial charge in [-0.2, -0.15) is 8.62 Å². The van der Waals surface area contributed by atoms with Crippen LogP contribution in [0, 0.1) is 0 Å². The second kappa shape index (κ2) is 9.66. The highest BCUT2D eigenvalue weighted by atomic mass is 31.3. The molecule has 1 aliphatic heterocycles. The second-order valence-corrected chi connectivity index (χ2v) is 11.2. The molecule has 0 saturated carbocycles. The Morgan fingerprint density at radius 1 is 1.18 bits per heavy atom. The van der Waals surface area contributed by atoms with E-state index in [4.69, 9.17) is 20.3 Å². The van der Waals surface area contributed by atoms with Gasteiger partial charge in [-0.1, -0.05) is 0 Å². The van der Waals surface area contributed by atoms with E-state index >= 15 is 0 Å². The zero-order valence-corrected chi connectivity index (χ0v) is 19.6. The third kappa shape index (κ3) is 6.42. The van der Waals surface area contributed by atoms with Gasteiger partial charge in [-0.3, -0.25) is 13.9 Å². The smallest absolute Gasteiger partial charge is 0.386 e. The molecule has 3 heterocycles. The van der Waals surface area contributed by atoms with Crippen LogP contribution in [0.2, 0.25) is 0 Å². The van der Waals surface area contributed by atoms with Gasteiger partial charge in [0, 0.05) is 6.92 Å². The Labute approximate surface area is 189 Å². The molecule has 0 spiro atoms. The van der Waals surface area contributed by atoms with Crippen LogP contribution in [-0.2, 0) is 36.4 Å². The average molecular weight is 548 g/mol. The summed E-state index contributed by atoms with van der Waals surface area (Å²) in [5.41, 5.74) is 6.07. The number of hydrogen-bond acceptors (Lipinski definition) is 13. The van der Waals surface area contributed by atoms with Gasteiger partial charge in [0.2, 0.25) is 5.91 Å². The number of rotatable bonds is 9. The van der Waals surface area contributed by atoms with Crippen LogP contribution < -0.4 is 11.1 Å².